The topological polar surface area (TPSA) is 49.3 Å². The van der Waals surface area contributed by atoms with E-state index in [1.807, 2.05) is 36.9 Å². The van der Waals surface area contributed by atoms with E-state index < -0.39 is 0 Å². The van der Waals surface area contributed by atoms with Gasteiger partial charge in [-0.2, -0.15) is 11.8 Å². The molecular weight excluding hydrogens is 371 g/mol. The number of hydrogen-bond donors (Lipinski definition) is 2. The van der Waals surface area contributed by atoms with Crippen molar-refractivity contribution in [3.8, 4) is 0 Å². The first-order valence-corrected chi connectivity index (χ1v) is 7.59. The van der Waals surface area contributed by atoms with E-state index in [1.165, 1.54) is 0 Å². The molecule has 0 atom stereocenters. The molecule has 108 valence electrons. The summed E-state index contributed by atoms with van der Waals surface area (Å²) in [4.78, 5) is 8.95. The predicted molar refractivity (Wildman–Crippen MR) is 95.6 cm³/mol. The largest absolute Gasteiger partial charge is 0.357 e. The molecule has 0 aliphatic heterocycles. The number of nitrogens with one attached hydrogen (secondary N) is 2. The van der Waals surface area contributed by atoms with Crippen molar-refractivity contribution in [1.29, 1.82) is 0 Å². The van der Waals surface area contributed by atoms with Crippen molar-refractivity contribution < 1.29 is 0 Å². The van der Waals surface area contributed by atoms with Gasteiger partial charge in [0.15, 0.2) is 5.96 Å². The zero-order valence-corrected chi connectivity index (χ0v) is 14.9. The van der Waals surface area contributed by atoms with Crippen LogP contribution in [0.5, 0.6) is 0 Å². The minimum absolute atomic E-state index is 0. The average molecular weight is 394 g/mol. The maximum absolute atomic E-state index is 4.52. The molecular formula is C13H23IN4S. The molecule has 1 heterocycles. The van der Waals surface area contributed by atoms with Gasteiger partial charge in [-0.1, -0.05) is 6.07 Å². The second kappa shape index (κ2) is 11.3. The van der Waals surface area contributed by atoms with Gasteiger partial charge in [-0.15, -0.1) is 24.0 Å². The van der Waals surface area contributed by atoms with Gasteiger partial charge in [0.2, 0.25) is 0 Å². The Balaban J connectivity index is 0.00000324. The maximum atomic E-state index is 4.52. The zero-order valence-electron chi connectivity index (χ0n) is 11.8. The van der Waals surface area contributed by atoms with E-state index in [9.17, 15) is 0 Å². The molecule has 1 aromatic rings. The van der Waals surface area contributed by atoms with Crippen LogP contribution < -0.4 is 10.6 Å². The lowest BCUT2D eigenvalue weighted by molar-refractivity contribution is 0.836. The molecule has 6 heteroatoms. The fourth-order valence-electron chi connectivity index (χ4n) is 1.46. The third-order valence-corrected chi connectivity index (χ3v) is 2.90. The Labute approximate surface area is 137 Å². The molecule has 0 aliphatic carbocycles. The Bertz CT molecular complexity index is 385. The van der Waals surface area contributed by atoms with Crippen molar-refractivity contribution in [3.05, 3.63) is 29.6 Å². The van der Waals surface area contributed by atoms with Crippen LogP contribution in [-0.4, -0.2) is 36.0 Å². The van der Waals surface area contributed by atoms with Crippen molar-refractivity contribution in [1.82, 2.24) is 15.6 Å². The van der Waals surface area contributed by atoms with Crippen LogP contribution in [0.2, 0.25) is 0 Å². The minimum Gasteiger partial charge on any atom is -0.357 e. The molecule has 0 spiro atoms. The van der Waals surface area contributed by atoms with Crippen molar-refractivity contribution in [3.63, 3.8) is 0 Å². The number of aryl methyl sites for hydroxylation is 1. The smallest absolute Gasteiger partial charge is 0.191 e. The molecule has 0 saturated heterocycles. The lowest BCUT2D eigenvalue weighted by atomic mass is 10.3. The number of hydrogen-bond acceptors (Lipinski definition) is 3. The lowest BCUT2D eigenvalue weighted by Gasteiger charge is -2.10. The molecule has 0 aliphatic rings. The molecule has 0 radical (unpaired) electrons. The molecule has 4 nitrogen and oxygen atoms in total. The monoisotopic (exact) mass is 394 g/mol. The number of guanidine groups is 1. The molecule has 0 fully saturated rings. The quantitative estimate of drug-likeness (QED) is 0.337. The molecule has 0 aromatic carbocycles. The highest BCUT2D eigenvalue weighted by atomic mass is 127. The summed E-state index contributed by atoms with van der Waals surface area (Å²) in [7, 11) is 0. The number of aromatic nitrogens is 1. The number of pyridine rings is 1. The van der Waals surface area contributed by atoms with Gasteiger partial charge in [0.1, 0.15) is 0 Å². The van der Waals surface area contributed by atoms with E-state index in [2.05, 4.69) is 33.8 Å². The normalized spacial score (nSPS) is 10.8. The number of rotatable bonds is 6. The Hall–Kier alpha value is -0.500. The Kier molecular flexibility index (Phi) is 11.0. The molecule has 0 saturated carbocycles. The summed E-state index contributed by atoms with van der Waals surface area (Å²) in [6, 6.07) is 6.01. The fourth-order valence-corrected chi connectivity index (χ4v) is 1.77. The number of thioether (sulfide) groups is 1. The second-order valence-corrected chi connectivity index (χ2v) is 4.87. The van der Waals surface area contributed by atoms with Gasteiger partial charge in [0.25, 0.3) is 0 Å². The Morgan fingerprint density at radius 1 is 1.37 bits per heavy atom. The van der Waals surface area contributed by atoms with Gasteiger partial charge in [0.05, 0.1) is 12.2 Å². The van der Waals surface area contributed by atoms with Gasteiger partial charge in [-0.25, -0.2) is 4.99 Å². The highest BCUT2D eigenvalue weighted by molar-refractivity contribution is 14.0. The first kappa shape index (κ1) is 18.5. The fraction of sp³-hybridized carbons (Fsp3) is 0.538. The Morgan fingerprint density at radius 3 is 2.79 bits per heavy atom. The molecule has 0 amide bonds. The first-order chi connectivity index (χ1) is 8.76. The van der Waals surface area contributed by atoms with Crippen LogP contribution in [0.15, 0.2) is 23.2 Å². The van der Waals surface area contributed by atoms with Gasteiger partial charge in [-0.3, -0.25) is 4.98 Å². The molecule has 0 unspecified atom stereocenters. The van der Waals surface area contributed by atoms with E-state index in [-0.39, 0.29) is 24.0 Å². The lowest BCUT2D eigenvalue weighted by Crippen LogP contribution is -2.38. The van der Waals surface area contributed by atoms with Gasteiger partial charge < -0.3 is 10.6 Å². The third-order valence-electron chi connectivity index (χ3n) is 2.29. The number of aliphatic imine (C=N–C) groups is 1. The number of nitrogens with zero attached hydrogens (tertiary/aromatic N) is 2. The maximum Gasteiger partial charge on any atom is 0.191 e. The summed E-state index contributed by atoms with van der Waals surface area (Å²) in [5.41, 5.74) is 2.03. The van der Waals surface area contributed by atoms with Crippen LogP contribution in [0, 0.1) is 6.92 Å². The van der Waals surface area contributed by atoms with Crippen molar-refractivity contribution in [2.24, 2.45) is 4.99 Å². The number of halogens is 1. The highest BCUT2D eigenvalue weighted by Gasteiger charge is 1.97. The van der Waals surface area contributed by atoms with Gasteiger partial charge in [-0.05, 0) is 32.2 Å². The molecule has 0 bridgehead atoms. The summed E-state index contributed by atoms with van der Waals surface area (Å²) in [6.07, 6.45) is 2.10. The molecule has 2 N–H and O–H groups in total. The van der Waals surface area contributed by atoms with E-state index in [1.54, 1.807) is 0 Å². The first-order valence-electron chi connectivity index (χ1n) is 6.20. The van der Waals surface area contributed by atoms with E-state index >= 15 is 0 Å². The average Bonchev–Trinajstić information content (AvgIpc) is 2.36. The predicted octanol–water partition coefficient (Wildman–Crippen LogP) is 2.43. The zero-order chi connectivity index (χ0) is 13.2. The summed E-state index contributed by atoms with van der Waals surface area (Å²) >= 11 is 1.82. The van der Waals surface area contributed by atoms with Crippen LogP contribution in [0.3, 0.4) is 0 Å². The molecule has 1 aromatic heterocycles. The molecule has 19 heavy (non-hydrogen) atoms. The van der Waals surface area contributed by atoms with Crippen LogP contribution in [0.25, 0.3) is 0 Å². The van der Waals surface area contributed by atoms with Crippen molar-refractivity contribution in [2.75, 3.05) is 25.1 Å². The third kappa shape index (κ3) is 8.30. The molecule has 1 rings (SSSR count). The van der Waals surface area contributed by atoms with E-state index in [0.717, 1.165) is 36.2 Å². The standard InChI is InChI=1S/C13H22N4S.HI/c1-4-14-13(15-8-9-18-3)16-10-12-7-5-6-11(2)17-12;/h5-7H,4,8-10H2,1-3H3,(H2,14,15,16);1H. The van der Waals surface area contributed by atoms with Crippen LogP contribution in [0.1, 0.15) is 18.3 Å². The minimum atomic E-state index is 0. The van der Waals surface area contributed by atoms with Gasteiger partial charge in [0, 0.05) is 24.5 Å². The van der Waals surface area contributed by atoms with Crippen molar-refractivity contribution >= 4 is 41.7 Å². The van der Waals surface area contributed by atoms with Gasteiger partial charge >= 0.3 is 0 Å². The second-order valence-electron chi connectivity index (χ2n) is 3.89. The summed E-state index contributed by atoms with van der Waals surface area (Å²) in [5.74, 6) is 1.93. The summed E-state index contributed by atoms with van der Waals surface area (Å²) < 4.78 is 0. The highest BCUT2D eigenvalue weighted by Crippen LogP contribution is 1.99. The van der Waals surface area contributed by atoms with Crippen LogP contribution >= 0.6 is 35.7 Å². The summed E-state index contributed by atoms with van der Waals surface area (Å²) in [5, 5.41) is 6.52. The van der Waals surface area contributed by atoms with E-state index in [4.69, 9.17) is 0 Å². The Morgan fingerprint density at radius 2 is 2.16 bits per heavy atom. The van der Waals surface area contributed by atoms with Crippen LogP contribution in [-0.2, 0) is 6.54 Å². The SMILES string of the molecule is CCNC(=NCc1cccc(C)n1)NCCSC.I. The van der Waals surface area contributed by atoms with Crippen molar-refractivity contribution in [2.45, 2.75) is 20.4 Å². The van der Waals surface area contributed by atoms with Crippen LogP contribution in [0.4, 0.5) is 0 Å². The summed E-state index contributed by atoms with van der Waals surface area (Å²) in [6.45, 7) is 6.46. The van der Waals surface area contributed by atoms with E-state index in [0.29, 0.717) is 6.54 Å².